The molecule has 0 aromatic heterocycles. The first-order valence-corrected chi connectivity index (χ1v) is 6.37. The van der Waals surface area contributed by atoms with Gasteiger partial charge in [-0.15, -0.1) is 0 Å². The van der Waals surface area contributed by atoms with Gasteiger partial charge in [-0.2, -0.15) is 0 Å². The van der Waals surface area contributed by atoms with Crippen LogP contribution in [-0.4, -0.2) is 29.4 Å². The number of unbranched alkanes of at least 4 members (excludes halogenated alkanes) is 1. The van der Waals surface area contributed by atoms with Crippen molar-refractivity contribution in [2.75, 3.05) is 6.54 Å². The Balaban J connectivity index is 2.39. The Morgan fingerprint density at radius 3 is 2.50 bits per heavy atom. The van der Waals surface area contributed by atoms with E-state index in [0.29, 0.717) is 31.4 Å². The molecular weight excluding hydrogens is 260 g/mol. The smallest absolute Gasteiger partial charge is 0.335 e. The van der Waals surface area contributed by atoms with Gasteiger partial charge < -0.3 is 16.2 Å². The number of carbonyl (C=O) groups excluding carboxylic acids is 2. The molecule has 0 aliphatic rings. The number of rotatable bonds is 8. The first kappa shape index (κ1) is 15.7. The second kappa shape index (κ2) is 7.93. The van der Waals surface area contributed by atoms with Crippen LogP contribution in [0.3, 0.4) is 0 Å². The van der Waals surface area contributed by atoms with Crippen LogP contribution in [-0.2, 0) is 16.0 Å². The lowest BCUT2D eigenvalue weighted by Crippen LogP contribution is -2.27. The Kier molecular flexibility index (Phi) is 6.22. The third-order valence-corrected chi connectivity index (χ3v) is 2.77. The fourth-order valence-electron chi connectivity index (χ4n) is 1.77. The fraction of sp³-hybridized carbons (Fsp3) is 0.357. The summed E-state index contributed by atoms with van der Waals surface area (Å²) in [6, 6.07) is 6.41. The van der Waals surface area contributed by atoms with Crippen molar-refractivity contribution in [1.82, 2.24) is 5.32 Å². The zero-order valence-electron chi connectivity index (χ0n) is 11.1. The van der Waals surface area contributed by atoms with Crippen LogP contribution in [0.25, 0.3) is 0 Å². The average molecular weight is 278 g/mol. The van der Waals surface area contributed by atoms with E-state index in [1.165, 1.54) is 6.07 Å². The Morgan fingerprint density at radius 1 is 1.15 bits per heavy atom. The van der Waals surface area contributed by atoms with Crippen molar-refractivity contribution in [2.24, 2.45) is 5.73 Å². The maximum absolute atomic E-state index is 11.7. The molecule has 20 heavy (non-hydrogen) atoms. The molecule has 0 fully saturated rings. The number of nitrogens with one attached hydrogen (secondary N) is 1. The molecule has 0 saturated carbocycles. The number of primary amides is 1. The first-order chi connectivity index (χ1) is 9.50. The van der Waals surface area contributed by atoms with Crippen molar-refractivity contribution < 1.29 is 19.5 Å². The minimum absolute atomic E-state index is 0.0261. The van der Waals surface area contributed by atoms with Crippen molar-refractivity contribution in [3.63, 3.8) is 0 Å². The van der Waals surface area contributed by atoms with Crippen LogP contribution in [0.1, 0.15) is 35.2 Å². The molecule has 6 heteroatoms. The highest BCUT2D eigenvalue weighted by Crippen LogP contribution is 2.09. The largest absolute Gasteiger partial charge is 0.478 e. The van der Waals surface area contributed by atoms with Gasteiger partial charge in [-0.05, 0) is 24.5 Å². The summed E-state index contributed by atoms with van der Waals surface area (Å²) in [5.74, 6) is -1.64. The van der Waals surface area contributed by atoms with Crippen LogP contribution in [0.4, 0.5) is 0 Å². The van der Waals surface area contributed by atoms with Crippen LogP contribution in [0.2, 0.25) is 0 Å². The fourth-order valence-corrected chi connectivity index (χ4v) is 1.77. The number of hydrogen-bond donors (Lipinski definition) is 3. The van der Waals surface area contributed by atoms with Gasteiger partial charge in [0, 0.05) is 13.0 Å². The van der Waals surface area contributed by atoms with Gasteiger partial charge in [0.1, 0.15) is 0 Å². The third-order valence-electron chi connectivity index (χ3n) is 2.77. The van der Waals surface area contributed by atoms with Crippen molar-refractivity contribution in [2.45, 2.75) is 25.7 Å². The zero-order valence-corrected chi connectivity index (χ0v) is 11.1. The highest BCUT2D eigenvalue weighted by Gasteiger charge is 2.11. The van der Waals surface area contributed by atoms with Gasteiger partial charge in [-0.1, -0.05) is 18.2 Å². The molecule has 1 aromatic carbocycles. The Morgan fingerprint density at radius 2 is 1.85 bits per heavy atom. The molecule has 0 atom stereocenters. The average Bonchev–Trinajstić information content (AvgIpc) is 2.38. The molecule has 1 rings (SSSR count). The van der Waals surface area contributed by atoms with Gasteiger partial charge >= 0.3 is 5.97 Å². The standard InChI is InChI=1S/C14H18N2O4/c15-12(17)7-3-4-8-16-13(18)9-10-5-1-2-6-11(10)14(19)20/h1-2,5-6H,3-4,7-9H2,(H2,15,17)(H,16,18)(H,19,20). The summed E-state index contributed by atoms with van der Waals surface area (Å²) in [6.45, 7) is 0.446. The highest BCUT2D eigenvalue weighted by atomic mass is 16.4. The maximum atomic E-state index is 11.7. The predicted molar refractivity (Wildman–Crippen MR) is 73.2 cm³/mol. The van der Waals surface area contributed by atoms with Crippen molar-refractivity contribution in [3.8, 4) is 0 Å². The van der Waals surface area contributed by atoms with Crippen LogP contribution in [0.15, 0.2) is 24.3 Å². The number of carboxylic acid groups (broad SMARTS) is 1. The maximum Gasteiger partial charge on any atom is 0.335 e. The van der Waals surface area contributed by atoms with Crippen molar-refractivity contribution >= 4 is 17.8 Å². The van der Waals surface area contributed by atoms with Crippen molar-refractivity contribution in [3.05, 3.63) is 35.4 Å². The Labute approximate surface area is 117 Å². The van der Waals surface area contributed by atoms with E-state index in [0.717, 1.165) is 0 Å². The van der Waals surface area contributed by atoms with E-state index in [1.54, 1.807) is 18.2 Å². The summed E-state index contributed by atoms with van der Waals surface area (Å²) in [5.41, 5.74) is 5.62. The van der Waals surface area contributed by atoms with E-state index in [-0.39, 0.29) is 23.8 Å². The Bertz CT molecular complexity index is 500. The van der Waals surface area contributed by atoms with Gasteiger partial charge in [-0.25, -0.2) is 4.79 Å². The van der Waals surface area contributed by atoms with Gasteiger partial charge in [-0.3, -0.25) is 9.59 Å². The summed E-state index contributed by atoms with van der Waals surface area (Å²) in [6.07, 6.45) is 1.62. The number of hydrogen-bond acceptors (Lipinski definition) is 3. The van der Waals surface area contributed by atoms with Gasteiger partial charge in [0.2, 0.25) is 11.8 Å². The van der Waals surface area contributed by atoms with E-state index in [9.17, 15) is 14.4 Å². The SMILES string of the molecule is NC(=O)CCCCNC(=O)Cc1ccccc1C(=O)O. The van der Waals surface area contributed by atoms with Gasteiger partial charge in [0.05, 0.1) is 12.0 Å². The molecule has 0 saturated heterocycles. The molecule has 0 bridgehead atoms. The third kappa shape index (κ3) is 5.51. The van der Waals surface area contributed by atoms with E-state index >= 15 is 0 Å². The molecule has 0 heterocycles. The number of benzene rings is 1. The number of amides is 2. The molecule has 108 valence electrons. The summed E-state index contributed by atoms with van der Waals surface area (Å²) in [7, 11) is 0. The monoisotopic (exact) mass is 278 g/mol. The van der Waals surface area contributed by atoms with Crippen molar-refractivity contribution in [1.29, 1.82) is 0 Å². The van der Waals surface area contributed by atoms with Gasteiger partial charge in [0.25, 0.3) is 0 Å². The second-order valence-electron chi connectivity index (χ2n) is 4.41. The van der Waals surface area contributed by atoms with E-state index in [1.807, 2.05) is 0 Å². The van der Waals surface area contributed by atoms with E-state index in [2.05, 4.69) is 5.32 Å². The molecule has 0 radical (unpaired) electrons. The molecular formula is C14H18N2O4. The lowest BCUT2D eigenvalue weighted by Gasteiger charge is -2.07. The summed E-state index contributed by atoms with van der Waals surface area (Å²) >= 11 is 0. The zero-order chi connectivity index (χ0) is 15.0. The summed E-state index contributed by atoms with van der Waals surface area (Å²) in [5, 5.41) is 11.7. The quantitative estimate of drug-likeness (QED) is 0.608. The van der Waals surface area contributed by atoms with Crippen LogP contribution >= 0.6 is 0 Å². The van der Waals surface area contributed by atoms with Crippen LogP contribution in [0.5, 0.6) is 0 Å². The highest BCUT2D eigenvalue weighted by molar-refractivity contribution is 5.91. The molecule has 0 aliphatic carbocycles. The minimum Gasteiger partial charge on any atom is -0.478 e. The number of nitrogens with two attached hydrogens (primary N) is 1. The molecule has 0 aliphatic heterocycles. The summed E-state index contributed by atoms with van der Waals surface area (Å²) in [4.78, 5) is 33.2. The molecule has 6 nitrogen and oxygen atoms in total. The normalized spacial score (nSPS) is 10.0. The first-order valence-electron chi connectivity index (χ1n) is 6.37. The molecule has 1 aromatic rings. The lowest BCUT2D eigenvalue weighted by atomic mass is 10.0. The van der Waals surface area contributed by atoms with Crippen LogP contribution in [0, 0.1) is 0 Å². The topological polar surface area (TPSA) is 109 Å². The number of aromatic carboxylic acids is 1. The number of carbonyl (C=O) groups is 3. The molecule has 0 unspecified atom stereocenters. The summed E-state index contributed by atoms with van der Waals surface area (Å²) < 4.78 is 0. The molecule has 0 spiro atoms. The van der Waals surface area contributed by atoms with E-state index < -0.39 is 5.97 Å². The van der Waals surface area contributed by atoms with Gasteiger partial charge in [0.15, 0.2) is 0 Å². The lowest BCUT2D eigenvalue weighted by molar-refractivity contribution is -0.120. The van der Waals surface area contributed by atoms with E-state index in [4.69, 9.17) is 10.8 Å². The number of carboxylic acids is 1. The molecule has 4 N–H and O–H groups in total. The second-order valence-corrected chi connectivity index (χ2v) is 4.41. The molecule has 2 amide bonds. The Hall–Kier alpha value is -2.37. The minimum atomic E-state index is -1.05. The van der Waals surface area contributed by atoms with Crippen LogP contribution < -0.4 is 11.1 Å². The predicted octanol–water partition coefficient (Wildman–Crippen LogP) is 0.699.